The second-order valence-corrected chi connectivity index (χ2v) is 5.87. The van der Waals surface area contributed by atoms with Gasteiger partial charge in [0.25, 0.3) is 0 Å². The van der Waals surface area contributed by atoms with Crippen molar-refractivity contribution < 1.29 is 9.59 Å². The summed E-state index contributed by atoms with van der Waals surface area (Å²) in [5.41, 5.74) is 4.93. The second-order valence-electron chi connectivity index (χ2n) is 5.06. The van der Waals surface area contributed by atoms with Crippen molar-refractivity contribution >= 4 is 46.9 Å². The van der Waals surface area contributed by atoms with Gasteiger partial charge in [-0.05, 0) is 37.1 Å². The van der Waals surface area contributed by atoms with Crippen molar-refractivity contribution in [3.63, 3.8) is 0 Å². The maximum atomic E-state index is 11.9. The third-order valence-electron chi connectivity index (χ3n) is 3.29. The van der Waals surface area contributed by atoms with E-state index in [0.717, 1.165) is 11.1 Å². The zero-order valence-corrected chi connectivity index (χ0v) is 14.6. The first-order chi connectivity index (χ1) is 11.4. The molecule has 0 aromatic heterocycles. The van der Waals surface area contributed by atoms with Crippen molar-refractivity contribution in [1.29, 1.82) is 0 Å². The van der Waals surface area contributed by atoms with E-state index in [4.69, 9.17) is 23.2 Å². The number of halogens is 2. The molecule has 0 saturated carbocycles. The van der Waals surface area contributed by atoms with E-state index < -0.39 is 11.8 Å². The predicted molar refractivity (Wildman–Crippen MR) is 96.7 cm³/mol. The Morgan fingerprint density at radius 1 is 0.958 bits per heavy atom. The maximum Gasteiger partial charge on any atom is 0.329 e. The van der Waals surface area contributed by atoms with Gasteiger partial charge in [0.1, 0.15) is 0 Å². The fourth-order valence-electron chi connectivity index (χ4n) is 2.02. The molecule has 0 aliphatic rings. The third kappa shape index (κ3) is 4.34. The molecular weight excluding hydrogens is 349 g/mol. The molecule has 0 atom stereocenters. The van der Waals surface area contributed by atoms with Gasteiger partial charge >= 0.3 is 11.8 Å². The topological polar surface area (TPSA) is 70.6 Å². The monoisotopic (exact) mass is 363 g/mol. The van der Waals surface area contributed by atoms with Crippen LogP contribution in [0.25, 0.3) is 0 Å². The Morgan fingerprint density at radius 3 is 2.08 bits per heavy atom. The molecule has 2 rings (SSSR count). The fraction of sp³-hybridized carbons (Fsp3) is 0.118. The zero-order valence-electron chi connectivity index (χ0n) is 13.1. The SMILES string of the molecule is Cc1cccc(C)c1NC(=O)C(=O)N/N=C\c1c(Cl)cccc1Cl. The summed E-state index contributed by atoms with van der Waals surface area (Å²) >= 11 is 12.0. The largest absolute Gasteiger partial charge is 0.329 e. The lowest BCUT2D eigenvalue weighted by atomic mass is 10.1. The number of nitrogens with one attached hydrogen (secondary N) is 2. The van der Waals surface area contributed by atoms with Gasteiger partial charge in [-0.2, -0.15) is 5.10 Å². The highest BCUT2D eigenvalue weighted by Gasteiger charge is 2.15. The van der Waals surface area contributed by atoms with Crippen LogP contribution in [0.5, 0.6) is 0 Å². The van der Waals surface area contributed by atoms with Crippen molar-refractivity contribution in [1.82, 2.24) is 5.43 Å². The van der Waals surface area contributed by atoms with Crippen molar-refractivity contribution in [3.05, 3.63) is 63.1 Å². The number of nitrogens with zero attached hydrogens (tertiary/aromatic N) is 1. The molecule has 0 spiro atoms. The smallest absolute Gasteiger partial charge is 0.317 e. The summed E-state index contributed by atoms with van der Waals surface area (Å²) in [5, 5.41) is 7.07. The molecule has 2 N–H and O–H groups in total. The maximum absolute atomic E-state index is 11.9. The first-order valence-electron chi connectivity index (χ1n) is 7.04. The van der Waals surface area contributed by atoms with Gasteiger partial charge in [-0.25, -0.2) is 5.43 Å². The van der Waals surface area contributed by atoms with E-state index in [-0.39, 0.29) is 0 Å². The number of rotatable bonds is 3. The van der Waals surface area contributed by atoms with Crippen LogP contribution in [0.3, 0.4) is 0 Å². The van der Waals surface area contributed by atoms with Gasteiger partial charge in [-0.15, -0.1) is 0 Å². The van der Waals surface area contributed by atoms with Crippen LogP contribution >= 0.6 is 23.2 Å². The Balaban J connectivity index is 2.02. The van der Waals surface area contributed by atoms with E-state index >= 15 is 0 Å². The summed E-state index contributed by atoms with van der Waals surface area (Å²) in [6.45, 7) is 3.69. The average molecular weight is 364 g/mol. The molecule has 0 bridgehead atoms. The molecule has 0 aliphatic carbocycles. The van der Waals surface area contributed by atoms with E-state index in [1.165, 1.54) is 6.21 Å². The summed E-state index contributed by atoms with van der Waals surface area (Å²) in [4.78, 5) is 23.8. The average Bonchev–Trinajstić information content (AvgIpc) is 2.53. The van der Waals surface area contributed by atoms with Crippen molar-refractivity contribution in [2.24, 2.45) is 5.10 Å². The molecule has 0 fully saturated rings. The number of anilines is 1. The highest BCUT2D eigenvalue weighted by molar-refractivity contribution is 6.40. The number of para-hydroxylation sites is 1. The zero-order chi connectivity index (χ0) is 17.7. The number of carbonyl (C=O) groups excluding carboxylic acids is 2. The van der Waals surface area contributed by atoms with Crippen LogP contribution in [0.2, 0.25) is 10.0 Å². The number of hydrogen-bond acceptors (Lipinski definition) is 3. The lowest BCUT2D eigenvalue weighted by Crippen LogP contribution is -2.32. The fourth-order valence-corrected chi connectivity index (χ4v) is 2.52. The molecule has 124 valence electrons. The Morgan fingerprint density at radius 2 is 1.50 bits per heavy atom. The van der Waals surface area contributed by atoms with E-state index in [1.54, 1.807) is 18.2 Å². The van der Waals surface area contributed by atoms with Crippen molar-refractivity contribution in [3.8, 4) is 0 Å². The molecule has 7 heteroatoms. The van der Waals surface area contributed by atoms with E-state index in [0.29, 0.717) is 21.3 Å². The molecule has 2 amide bonds. The van der Waals surface area contributed by atoms with Gasteiger partial charge < -0.3 is 5.32 Å². The van der Waals surface area contributed by atoms with Crippen molar-refractivity contribution in [2.75, 3.05) is 5.32 Å². The van der Waals surface area contributed by atoms with Crippen LogP contribution in [-0.2, 0) is 9.59 Å². The van der Waals surface area contributed by atoms with Crippen LogP contribution in [0.4, 0.5) is 5.69 Å². The molecule has 2 aromatic rings. The molecular formula is C17H15Cl2N3O2. The van der Waals surface area contributed by atoms with Crippen molar-refractivity contribution in [2.45, 2.75) is 13.8 Å². The molecule has 0 saturated heterocycles. The molecule has 5 nitrogen and oxygen atoms in total. The van der Waals surface area contributed by atoms with E-state index in [2.05, 4.69) is 15.8 Å². The molecule has 0 aliphatic heterocycles. The van der Waals surface area contributed by atoms with Crippen LogP contribution in [0, 0.1) is 13.8 Å². The minimum absolute atomic E-state index is 0.389. The van der Waals surface area contributed by atoms with Crippen LogP contribution in [0.15, 0.2) is 41.5 Å². The molecule has 0 unspecified atom stereocenters. The Kier molecular flexibility index (Phi) is 5.95. The van der Waals surface area contributed by atoms with Gasteiger partial charge in [0.15, 0.2) is 0 Å². The summed E-state index contributed by atoms with van der Waals surface area (Å²) in [7, 11) is 0. The normalized spacial score (nSPS) is 10.7. The highest BCUT2D eigenvalue weighted by atomic mass is 35.5. The summed E-state index contributed by atoms with van der Waals surface area (Å²) in [5.74, 6) is -1.70. The minimum atomic E-state index is -0.892. The van der Waals surface area contributed by atoms with Gasteiger partial charge in [0.05, 0.1) is 16.3 Å². The Labute approximate surface area is 149 Å². The summed E-state index contributed by atoms with van der Waals surface area (Å²) < 4.78 is 0. The first kappa shape index (κ1) is 18.0. The molecule has 2 aromatic carbocycles. The van der Waals surface area contributed by atoms with Gasteiger partial charge in [-0.3, -0.25) is 9.59 Å². The first-order valence-corrected chi connectivity index (χ1v) is 7.80. The number of benzene rings is 2. The Bertz CT molecular complexity index is 779. The predicted octanol–water partition coefficient (Wildman–Crippen LogP) is 3.70. The quantitative estimate of drug-likeness (QED) is 0.495. The third-order valence-corrected chi connectivity index (χ3v) is 3.94. The summed E-state index contributed by atoms with van der Waals surface area (Å²) in [6.07, 6.45) is 1.29. The molecule has 24 heavy (non-hydrogen) atoms. The minimum Gasteiger partial charge on any atom is -0.317 e. The lowest BCUT2D eigenvalue weighted by Gasteiger charge is -2.10. The summed E-state index contributed by atoms with van der Waals surface area (Å²) in [6, 6.07) is 10.5. The number of hydrogen-bond donors (Lipinski definition) is 2. The van der Waals surface area contributed by atoms with Crippen LogP contribution in [0.1, 0.15) is 16.7 Å². The molecule has 0 heterocycles. The molecule has 0 radical (unpaired) electrons. The van der Waals surface area contributed by atoms with Gasteiger partial charge in [-0.1, -0.05) is 47.5 Å². The number of amides is 2. The van der Waals surface area contributed by atoms with Gasteiger partial charge in [0.2, 0.25) is 0 Å². The number of aryl methyl sites for hydroxylation is 2. The Hall–Kier alpha value is -2.37. The standard InChI is InChI=1S/C17H15Cl2N3O2/c1-10-5-3-6-11(2)15(10)21-16(23)17(24)22-20-9-12-13(18)7-4-8-14(12)19/h3-9H,1-2H3,(H,21,23)(H,22,24)/b20-9-. The van der Waals surface area contributed by atoms with E-state index in [1.807, 2.05) is 32.0 Å². The van der Waals surface area contributed by atoms with E-state index in [9.17, 15) is 9.59 Å². The van der Waals surface area contributed by atoms with Crippen LogP contribution < -0.4 is 10.7 Å². The second kappa shape index (κ2) is 7.95. The van der Waals surface area contributed by atoms with Gasteiger partial charge in [0, 0.05) is 11.3 Å². The number of hydrazone groups is 1. The van der Waals surface area contributed by atoms with Crippen LogP contribution in [-0.4, -0.2) is 18.0 Å². The highest BCUT2D eigenvalue weighted by Crippen LogP contribution is 2.22. The number of carbonyl (C=O) groups is 2. The lowest BCUT2D eigenvalue weighted by molar-refractivity contribution is -0.136.